The number of nitrogens with zero attached hydrogens (tertiary/aromatic N) is 1. The van der Waals surface area contributed by atoms with Gasteiger partial charge in [0.05, 0.1) is 11.1 Å². The summed E-state index contributed by atoms with van der Waals surface area (Å²) in [5.74, 6) is 0. The molecule has 0 aliphatic heterocycles. The van der Waals surface area contributed by atoms with E-state index in [0.717, 1.165) is 16.0 Å². The summed E-state index contributed by atoms with van der Waals surface area (Å²) in [5.41, 5.74) is 7.17. The van der Waals surface area contributed by atoms with Crippen LogP contribution in [0.3, 0.4) is 0 Å². The molecule has 0 spiro atoms. The Bertz CT molecular complexity index is 544. The molecule has 0 saturated carbocycles. The molecular formula is C14H16BrClN2S. The number of benzene rings is 1. The minimum absolute atomic E-state index is 0.199. The fourth-order valence-electron chi connectivity index (χ4n) is 2.02. The van der Waals surface area contributed by atoms with Gasteiger partial charge in [0, 0.05) is 27.8 Å². The lowest BCUT2D eigenvalue weighted by Gasteiger charge is -2.26. The van der Waals surface area contributed by atoms with Crippen LogP contribution in [0.1, 0.15) is 16.5 Å². The predicted octanol–water partition coefficient (Wildman–Crippen LogP) is 4.30. The maximum atomic E-state index is 6.00. The normalized spacial score (nSPS) is 12.9. The van der Waals surface area contributed by atoms with Crippen molar-refractivity contribution < 1.29 is 0 Å². The molecule has 1 heterocycles. The second-order valence-electron chi connectivity index (χ2n) is 4.43. The Balaban J connectivity index is 2.13. The van der Waals surface area contributed by atoms with Crippen molar-refractivity contribution in [1.29, 1.82) is 0 Å². The molecule has 1 atom stereocenters. The molecule has 0 aliphatic carbocycles. The maximum absolute atomic E-state index is 6.00. The first-order valence-corrected chi connectivity index (χ1v) is 8.04. The predicted molar refractivity (Wildman–Crippen MR) is 86.7 cm³/mol. The second-order valence-corrected chi connectivity index (χ2v) is 6.66. The fourth-order valence-corrected chi connectivity index (χ4v) is 3.69. The Morgan fingerprint density at radius 2 is 2.16 bits per heavy atom. The summed E-state index contributed by atoms with van der Waals surface area (Å²) in [5, 5.41) is 2.74. The van der Waals surface area contributed by atoms with Crippen LogP contribution in [0.2, 0.25) is 5.02 Å². The zero-order valence-electron chi connectivity index (χ0n) is 10.6. The zero-order valence-corrected chi connectivity index (χ0v) is 13.8. The van der Waals surface area contributed by atoms with Gasteiger partial charge < -0.3 is 5.73 Å². The smallest absolute Gasteiger partial charge is 0.0565 e. The van der Waals surface area contributed by atoms with E-state index in [2.05, 4.69) is 40.0 Å². The van der Waals surface area contributed by atoms with Crippen molar-refractivity contribution in [2.45, 2.75) is 12.6 Å². The molecule has 2 rings (SSSR count). The first-order valence-electron chi connectivity index (χ1n) is 5.99. The van der Waals surface area contributed by atoms with Gasteiger partial charge in [-0.1, -0.05) is 45.7 Å². The molecule has 1 aromatic heterocycles. The third-order valence-corrected chi connectivity index (χ3v) is 5.20. The number of rotatable bonds is 5. The van der Waals surface area contributed by atoms with Gasteiger partial charge in [0.25, 0.3) is 0 Å². The number of nitrogens with two attached hydrogens (primary N) is 1. The van der Waals surface area contributed by atoms with E-state index in [9.17, 15) is 0 Å². The molecule has 0 fully saturated rings. The SMILES string of the molecule is CN(Cc1ccccc1Br)C(CN)c1cc(Cl)cs1. The van der Waals surface area contributed by atoms with Gasteiger partial charge in [0.15, 0.2) is 0 Å². The monoisotopic (exact) mass is 358 g/mol. The molecule has 2 N–H and O–H groups in total. The van der Waals surface area contributed by atoms with Crippen molar-refractivity contribution >= 4 is 38.9 Å². The first kappa shape index (κ1) is 15.0. The summed E-state index contributed by atoms with van der Waals surface area (Å²) in [6, 6.07) is 10.4. The number of thiophene rings is 1. The molecule has 1 unspecified atom stereocenters. The van der Waals surface area contributed by atoms with Crippen LogP contribution in [-0.2, 0) is 6.54 Å². The lowest BCUT2D eigenvalue weighted by atomic mass is 10.1. The van der Waals surface area contributed by atoms with Gasteiger partial charge >= 0.3 is 0 Å². The quantitative estimate of drug-likeness (QED) is 0.862. The molecule has 0 aliphatic rings. The molecule has 0 saturated heterocycles. The van der Waals surface area contributed by atoms with Gasteiger partial charge in [0.1, 0.15) is 0 Å². The van der Waals surface area contributed by atoms with E-state index in [4.69, 9.17) is 17.3 Å². The minimum Gasteiger partial charge on any atom is -0.329 e. The molecule has 0 bridgehead atoms. The Morgan fingerprint density at radius 1 is 1.42 bits per heavy atom. The Hall–Kier alpha value is -0.390. The van der Waals surface area contributed by atoms with Crippen molar-refractivity contribution in [3.05, 3.63) is 55.6 Å². The maximum Gasteiger partial charge on any atom is 0.0565 e. The van der Waals surface area contributed by atoms with E-state index in [1.54, 1.807) is 11.3 Å². The van der Waals surface area contributed by atoms with Crippen LogP contribution in [0.25, 0.3) is 0 Å². The Kier molecular flexibility index (Phi) is 5.42. The van der Waals surface area contributed by atoms with Gasteiger partial charge in [-0.25, -0.2) is 0 Å². The Morgan fingerprint density at radius 3 is 2.74 bits per heavy atom. The van der Waals surface area contributed by atoms with Gasteiger partial charge in [-0.2, -0.15) is 0 Å². The summed E-state index contributed by atoms with van der Waals surface area (Å²) >= 11 is 11.2. The van der Waals surface area contributed by atoms with Crippen molar-refractivity contribution in [3.63, 3.8) is 0 Å². The fraction of sp³-hybridized carbons (Fsp3) is 0.286. The lowest BCUT2D eigenvalue weighted by Crippen LogP contribution is -2.29. The minimum atomic E-state index is 0.199. The van der Waals surface area contributed by atoms with Crippen LogP contribution < -0.4 is 5.73 Å². The highest BCUT2D eigenvalue weighted by Gasteiger charge is 2.18. The van der Waals surface area contributed by atoms with E-state index >= 15 is 0 Å². The van der Waals surface area contributed by atoms with Crippen molar-refractivity contribution in [2.24, 2.45) is 5.73 Å². The van der Waals surface area contributed by atoms with E-state index in [1.807, 2.05) is 23.6 Å². The number of halogens is 2. The van der Waals surface area contributed by atoms with Gasteiger partial charge in [-0.3, -0.25) is 4.90 Å². The summed E-state index contributed by atoms with van der Waals surface area (Å²) in [4.78, 5) is 3.46. The van der Waals surface area contributed by atoms with Crippen molar-refractivity contribution in [2.75, 3.05) is 13.6 Å². The highest BCUT2D eigenvalue weighted by molar-refractivity contribution is 9.10. The van der Waals surface area contributed by atoms with Gasteiger partial charge in [-0.15, -0.1) is 11.3 Å². The molecule has 2 nitrogen and oxygen atoms in total. The van der Waals surface area contributed by atoms with E-state index in [-0.39, 0.29) is 6.04 Å². The molecule has 0 radical (unpaired) electrons. The molecule has 102 valence electrons. The molecule has 19 heavy (non-hydrogen) atoms. The van der Waals surface area contributed by atoms with Crippen LogP contribution in [0.5, 0.6) is 0 Å². The first-order chi connectivity index (χ1) is 9.11. The third kappa shape index (κ3) is 3.80. The van der Waals surface area contributed by atoms with Crippen LogP contribution in [0, 0.1) is 0 Å². The average molecular weight is 360 g/mol. The summed E-state index contributed by atoms with van der Waals surface area (Å²) < 4.78 is 1.13. The summed E-state index contributed by atoms with van der Waals surface area (Å²) in [7, 11) is 2.09. The second kappa shape index (κ2) is 6.86. The topological polar surface area (TPSA) is 29.3 Å². The van der Waals surface area contributed by atoms with Crippen LogP contribution in [-0.4, -0.2) is 18.5 Å². The average Bonchev–Trinajstić information content (AvgIpc) is 2.80. The van der Waals surface area contributed by atoms with E-state index < -0.39 is 0 Å². The van der Waals surface area contributed by atoms with E-state index in [0.29, 0.717) is 6.54 Å². The molecule has 2 aromatic rings. The lowest BCUT2D eigenvalue weighted by molar-refractivity contribution is 0.245. The molecule has 0 amide bonds. The van der Waals surface area contributed by atoms with Crippen LogP contribution in [0.4, 0.5) is 0 Å². The third-order valence-electron chi connectivity index (χ3n) is 3.05. The van der Waals surface area contributed by atoms with Crippen LogP contribution in [0.15, 0.2) is 40.2 Å². The summed E-state index contributed by atoms with van der Waals surface area (Å²) in [6.07, 6.45) is 0. The van der Waals surface area contributed by atoms with Crippen LogP contribution >= 0.6 is 38.9 Å². The summed E-state index contributed by atoms with van der Waals surface area (Å²) in [6.45, 7) is 1.43. The molecular weight excluding hydrogens is 344 g/mol. The highest BCUT2D eigenvalue weighted by Crippen LogP contribution is 2.29. The van der Waals surface area contributed by atoms with Crippen molar-refractivity contribution in [3.8, 4) is 0 Å². The number of hydrogen-bond acceptors (Lipinski definition) is 3. The van der Waals surface area contributed by atoms with E-state index in [1.165, 1.54) is 10.4 Å². The van der Waals surface area contributed by atoms with Crippen molar-refractivity contribution in [1.82, 2.24) is 4.90 Å². The molecule has 5 heteroatoms. The highest BCUT2D eigenvalue weighted by atomic mass is 79.9. The molecule has 1 aromatic carbocycles. The standard InChI is InChI=1S/C14H16BrClN2S/c1-18(8-10-4-2-3-5-12(10)15)13(7-17)14-6-11(16)9-19-14/h2-6,9,13H,7-8,17H2,1H3. The zero-order chi connectivity index (χ0) is 13.8. The number of likely N-dealkylation sites (N-methyl/N-ethyl adjacent to an activating group) is 1. The largest absolute Gasteiger partial charge is 0.329 e. The van der Waals surface area contributed by atoms with Gasteiger partial charge in [0.2, 0.25) is 0 Å². The number of hydrogen-bond donors (Lipinski definition) is 1. The van der Waals surface area contributed by atoms with Gasteiger partial charge in [-0.05, 0) is 24.7 Å². The Labute approximate surface area is 131 Å².